The zero-order valence-electron chi connectivity index (χ0n) is 33.6. The molecule has 0 saturated carbocycles. The van der Waals surface area contributed by atoms with E-state index in [1.165, 1.54) is 62.3 Å². The molecule has 0 aliphatic carbocycles. The summed E-state index contributed by atoms with van der Waals surface area (Å²) in [5, 5.41) is 2.41. The van der Waals surface area contributed by atoms with Gasteiger partial charge in [-0.25, -0.2) is 15.0 Å². The Hall–Kier alpha value is -8.48. The van der Waals surface area contributed by atoms with E-state index >= 15 is 0 Å². The van der Waals surface area contributed by atoms with Crippen molar-refractivity contribution in [2.45, 2.75) is 0 Å². The second-order valence-corrected chi connectivity index (χ2v) is 15.2. The number of anilines is 3. The number of hydrogen-bond donors (Lipinski definition) is 0. The Kier molecular flexibility index (Phi) is 9.41. The van der Waals surface area contributed by atoms with Crippen molar-refractivity contribution in [3.05, 3.63) is 231 Å². The van der Waals surface area contributed by atoms with Gasteiger partial charge < -0.3 is 9.47 Å². The van der Waals surface area contributed by atoms with Crippen LogP contribution in [0.4, 0.5) is 17.1 Å². The van der Waals surface area contributed by atoms with Crippen LogP contribution in [0.3, 0.4) is 0 Å². The van der Waals surface area contributed by atoms with Crippen LogP contribution in [0.15, 0.2) is 231 Å². The lowest BCUT2D eigenvalue weighted by Gasteiger charge is -2.26. The first-order valence-electron chi connectivity index (χ1n) is 20.7. The van der Waals surface area contributed by atoms with Gasteiger partial charge in [0.05, 0.1) is 16.7 Å². The van der Waals surface area contributed by atoms with E-state index in [1.807, 2.05) is 24.4 Å². The molecule has 3 heterocycles. The van der Waals surface area contributed by atoms with Gasteiger partial charge >= 0.3 is 0 Å². The van der Waals surface area contributed by atoms with Gasteiger partial charge in [-0.15, -0.1) is 0 Å². The monoisotopic (exact) mass is 794 g/mol. The van der Waals surface area contributed by atoms with E-state index < -0.39 is 0 Å². The largest absolute Gasteiger partial charge is 0.311 e. The number of hydrogen-bond acceptors (Lipinski definition) is 5. The summed E-state index contributed by atoms with van der Waals surface area (Å²) < 4.78 is 2.45. The summed E-state index contributed by atoms with van der Waals surface area (Å²) in [5.74, 6) is 0.634. The molecule has 0 unspecified atom stereocenters. The highest BCUT2D eigenvalue weighted by atomic mass is 15.1. The molecule has 11 aromatic rings. The smallest absolute Gasteiger partial charge is 0.162 e. The van der Waals surface area contributed by atoms with Crippen LogP contribution in [0.1, 0.15) is 0 Å². The number of aromatic nitrogens is 5. The first-order chi connectivity index (χ1) is 30.7. The molecule has 6 heteroatoms. The quantitative estimate of drug-likeness (QED) is 0.146. The molecule has 0 spiro atoms. The summed E-state index contributed by atoms with van der Waals surface area (Å²) >= 11 is 0. The minimum atomic E-state index is 0.634. The van der Waals surface area contributed by atoms with Gasteiger partial charge in [0, 0.05) is 56.4 Å². The van der Waals surface area contributed by atoms with Gasteiger partial charge in [0.2, 0.25) is 0 Å². The Bertz CT molecular complexity index is 3200. The first-order valence-corrected chi connectivity index (χ1v) is 20.7. The van der Waals surface area contributed by atoms with Crippen LogP contribution >= 0.6 is 0 Å². The highest BCUT2D eigenvalue weighted by Crippen LogP contribution is 2.43. The van der Waals surface area contributed by atoms with Crippen LogP contribution in [-0.4, -0.2) is 24.5 Å². The van der Waals surface area contributed by atoms with Gasteiger partial charge in [-0.05, 0) is 119 Å². The summed E-state index contributed by atoms with van der Waals surface area (Å²) in [5.41, 5.74) is 16.4. The predicted octanol–water partition coefficient (Wildman–Crippen LogP) is 14.2. The second-order valence-electron chi connectivity index (χ2n) is 15.2. The zero-order valence-corrected chi connectivity index (χ0v) is 33.6. The highest BCUT2D eigenvalue weighted by molar-refractivity contribution is 6.16. The average Bonchev–Trinajstić information content (AvgIpc) is 3.69. The minimum absolute atomic E-state index is 0.634. The Labute approximate surface area is 359 Å². The summed E-state index contributed by atoms with van der Waals surface area (Å²) in [6, 6.07) is 75.6. The SMILES string of the molecule is c1ccc(-c2cc(-c3ccccc3)c3c(c2)c2ccc(-c4ccccc4)cc2n3-c2ccc(N(c3ccc(-c4ccccn4)cc3)c3ccc(-c4ncncn4)cc3)cc2)cc1. The van der Waals surface area contributed by atoms with E-state index in [0.717, 1.165) is 45.1 Å². The van der Waals surface area contributed by atoms with Gasteiger partial charge in [0.25, 0.3) is 0 Å². The van der Waals surface area contributed by atoms with Crippen LogP contribution in [0.25, 0.3) is 83.5 Å². The molecule has 11 rings (SSSR count). The third-order valence-electron chi connectivity index (χ3n) is 11.5. The normalized spacial score (nSPS) is 11.2. The molecule has 292 valence electrons. The summed E-state index contributed by atoms with van der Waals surface area (Å²) in [6.45, 7) is 0. The van der Waals surface area contributed by atoms with Gasteiger partial charge in [0.1, 0.15) is 12.7 Å². The number of rotatable bonds is 9. The Balaban J connectivity index is 1.10. The van der Waals surface area contributed by atoms with Crippen molar-refractivity contribution in [2.75, 3.05) is 4.90 Å². The zero-order chi connectivity index (χ0) is 41.2. The third-order valence-corrected chi connectivity index (χ3v) is 11.5. The van der Waals surface area contributed by atoms with Crippen molar-refractivity contribution < 1.29 is 0 Å². The molecule has 0 bridgehead atoms. The lowest BCUT2D eigenvalue weighted by atomic mass is 9.95. The van der Waals surface area contributed by atoms with E-state index in [9.17, 15) is 0 Å². The number of fused-ring (bicyclic) bond motifs is 3. The van der Waals surface area contributed by atoms with E-state index in [2.05, 4.69) is 224 Å². The standard InChI is InChI=1S/C56H38N6/c1-4-12-39(13-5-1)44-23-32-50-52-35-45(40-14-6-2-7-15-40)34-51(41-16-8-3-9-17-41)55(52)62(54(50)36-44)49-30-28-48(29-31-49)61(46-24-19-42(20-25-46)53-18-10-11-33-58-53)47-26-21-43(22-27-47)56-59-37-57-38-60-56/h1-38H. The summed E-state index contributed by atoms with van der Waals surface area (Å²) in [4.78, 5) is 19.6. The van der Waals surface area contributed by atoms with Crippen molar-refractivity contribution in [1.82, 2.24) is 24.5 Å². The van der Waals surface area contributed by atoms with Gasteiger partial charge in [0.15, 0.2) is 5.82 Å². The molecule has 3 aromatic heterocycles. The van der Waals surface area contributed by atoms with Crippen LogP contribution in [0, 0.1) is 0 Å². The molecule has 8 aromatic carbocycles. The molecule has 0 fully saturated rings. The fourth-order valence-electron chi connectivity index (χ4n) is 8.52. The topological polar surface area (TPSA) is 59.7 Å². The van der Waals surface area contributed by atoms with E-state index in [-0.39, 0.29) is 0 Å². The van der Waals surface area contributed by atoms with Crippen LogP contribution in [0.5, 0.6) is 0 Å². The van der Waals surface area contributed by atoms with Crippen molar-refractivity contribution in [3.63, 3.8) is 0 Å². The Morgan fingerprint density at radius 3 is 1.53 bits per heavy atom. The molecule has 0 aliphatic rings. The van der Waals surface area contributed by atoms with E-state index in [4.69, 9.17) is 0 Å². The molecule has 0 saturated heterocycles. The van der Waals surface area contributed by atoms with E-state index in [0.29, 0.717) is 5.82 Å². The van der Waals surface area contributed by atoms with Gasteiger partial charge in [-0.2, -0.15) is 0 Å². The van der Waals surface area contributed by atoms with E-state index in [1.54, 1.807) is 0 Å². The van der Waals surface area contributed by atoms with Crippen LogP contribution in [-0.2, 0) is 0 Å². The molecule has 62 heavy (non-hydrogen) atoms. The van der Waals surface area contributed by atoms with Crippen LogP contribution in [0.2, 0.25) is 0 Å². The average molecular weight is 795 g/mol. The third kappa shape index (κ3) is 6.85. The molecule has 0 radical (unpaired) electrons. The Morgan fingerprint density at radius 2 is 0.919 bits per heavy atom. The molecule has 0 aliphatic heterocycles. The maximum Gasteiger partial charge on any atom is 0.162 e. The molecular weight excluding hydrogens is 757 g/mol. The Morgan fingerprint density at radius 1 is 0.371 bits per heavy atom. The maximum absolute atomic E-state index is 4.59. The van der Waals surface area contributed by atoms with Crippen molar-refractivity contribution >= 4 is 38.9 Å². The number of nitrogens with zero attached hydrogens (tertiary/aromatic N) is 6. The number of benzene rings is 8. The van der Waals surface area contributed by atoms with Gasteiger partial charge in [-0.3, -0.25) is 4.98 Å². The van der Waals surface area contributed by atoms with Crippen molar-refractivity contribution in [3.8, 4) is 61.7 Å². The lowest BCUT2D eigenvalue weighted by Crippen LogP contribution is -2.10. The molecular formula is C56H38N6. The van der Waals surface area contributed by atoms with Crippen molar-refractivity contribution in [1.29, 1.82) is 0 Å². The van der Waals surface area contributed by atoms with Crippen LogP contribution < -0.4 is 4.90 Å². The molecule has 0 amide bonds. The molecule has 6 nitrogen and oxygen atoms in total. The number of pyridine rings is 1. The fourth-order valence-corrected chi connectivity index (χ4v) is 8.52. The molecule has 0 atom stereocenters. The first kappa shape index (κ1) is 36.6. The summed E-state index contributed by atoms with van der Waals surface area (Å²) in [7, 11) is 0. The minimum Gasteiger partial charge on any atom is -0.311 e. The summed E-state index contributed by atoms with van der Waals surface area (Å²) in [6.07, 6.45) is 4.88. The fraction of sp³-hybridized carbons (Fsp3) is 0. The molecule has 0 N–H and O–H groups in total. The van der Waals surface area contributed by atoms with Gasteiger partial charge in [-0.1, -0.05) is 121 Å². The second kappa shape index (κ2) is 15.9. The highest BCUT2D eigenvalue weighted by Gasteiger charge is 2.21. The predicted molar refractivity (Wildman–Crippen MR) is 254 cm³/mol. The maximum atomic E-state index is 4.59. The lowest BCUT2D eigenvalue weighted by molar-refractivity contribution is 1.06. The van der Waals surface area contributed by atoms with Crippen molar-refractivity contribution in [2.24, 2.45) is 0 Å².